The topological polar surface area (TPSA) is 59.4 Å². The van der Waals surface area contributed by atoms with Gasteiger partial charge in [0.25, 0.3) is 5.91 Å². The molecule has 0 radical (unpaired) electrons. The number of rotatable bonds is 8. The van der Waals surface area contributed by atoms with E-state index in [9.17, 15) is 4.79 Å². The monoisotopic (exact) mass is 440 g/mol. The molecule has 0 spiro atoms. The smallest absolute Gasteiger partial charge is 0.274 e. The van der Waals surface area contributed by atoms with Crippen molar-refractivity contribution in [3.63, 3.8) is 0 Å². The summed E-state index contributed by atoms with van der Waals surface area (Å²) in [4.78, 5) is 15.2. The second-order valence-electron chi connectivity index (χ2n) is 8.14. The Morgan fingerprint density at radius 1 is 1.32 bits per heavy atom. The quantitative estimate of drug-likeness (QED) is 0.640. The summed E-state index contributed by atoms with van der Waals surface area (Å²) in [6.45, 7) is 7.07. The summed E-state index contributed by atoms with van der Waals surface area (Å²) in [7, 11) is 1.69. The van der Waals surface area contributed by atoms with Gasteiger partial charge >= 0.3 is 0 Å². The van der Waals surface area contributed by atoms with Crippen LogP contribution >= 0.6 is 11.8 Å². The van der Waals surface area contributed by atoms with Crippen LogP contribution in [0.2, 0.25) is 0 Å². The lowest BCUT2D eigenvalue weighted by atomic mass is 9.91. The molecule has 4 rings (SSSR count). The van der Waals surface area contributed by atoms with Gasteiger partial charge in [0.2, 0.25) is 0 Å². The number of allylic oxidation sites excluding steroid dienone is 1. The molecule has 1 aliphatic carbocycles. The maximum absolute atomic E-state index is 13.2. The number of amides is 1. The maximum atomic E-state index is 13.2. The van der Waals surface area contributed by atoms with E-state index in [1.54, 1.807) is 7.11 Å². The van der Waals surface area contributed by atoms with Crippen molar-refractivity contribution in [1.29, 1.82) is 0 Å². The van der Waals surface area contributed by atoms with E-state index >= 15 is 0 Å². The third-order valence-corrected chi connectivity index (χ3v) is 7.10. The third kappa shape index (κ3) is 5.15. The molecule has 1 aromatic heterocycles. The molecule has 1 unspecified atom stereocenters. The summed E-state index contributed by atoms with van der Waals surface area (Å²) in [5.41, 5.74) is 4.30. The minimum absolute atomic E-state index is 0.0956. The number of hydrogen-bond acceptors (Lipinski definition) is 5. The SMILES string of the molecule is C=CCn1nc(C(=O)N2CCSCC2)c2c1CCC(NCCc1ccc(OC)cc1)C2. The van der Waals surface area contributed by atoms with Gasteiger partial charge < -0.3 is 15.0 Å². The molecule has 2 aliphatic rings. The number of nitrogens with zero attached hydrogens (tertiary/aromatic N) is 3. The van der Waals surface area contributed by atoms with E-state index in [0.29, 0.717) is 18.3 Å². The molecule has 1 saturated heterocycles. The number of fused-ring (bicyclic) bond motifs is 1. The van der Waals surface area contributed by atoms with Crippen molar-refractivity contribution >= 4 is 17.7 Å². The molecule has 31 heavy (non-hydrogen) atoms. The Morgan fingerprint density at radius 3 is 2.81 bits per heavy atom. The summed E-state index contributed by atoms with van der Waals surface area (Å²) >= 11 is 1.91. The summed E-state index contributed by atoms with van der Waals surface area (Å²) < 4.78 is 7.22. The molecule has 2 heterocycles. The second kappa shape index (κ2) is 10.4. The molecule has 1 aromatic carbocycles. The zero-order valence-corrected chi connectivity index (χ0v) is 19.1. The molecular weight excluding hydrogens is 408 g/mol. The summed E-state index contributed by atoms with van der Waals surface area (Å²) in [6.07, 6.45) is 5.70. The average molecular weight is 441 g/mol. The molecule has 1 aliphatic heterocycles. The van der Waals surface area contributed by atoms with Crippen molar-refractivity contribution in [2.75, 3.05) is 38.2 Å². The molecule has 1 amide bonds. The Balaban J connectivity index is 1.42. The minimum atomic E-state index is 0.0956. The Labute approximate surface area is 189 Å². The standard InChI is InChI=1S/C24H32N4O2S/c1-3-12-28-22-9-6-19(25-11-10-18-4-7-20(30-2)8-5-18)17-21(22)23(26-28)24(29)27-13-15-31-16-14-27/h3-5,7-8,19,25H,1,6,9-17H2,2H3. The highest BCUT2D eigenvalue weighted by Gasteiger charge is 2.31. The van der Waals surface area contributed by atoms with Gasteiger partial charge in [-0.2, -0.15) is 16.9 Å². The minimum Gasteiger partial charge on any atom is -0.497 e. The largest absolute Gasteiger partial charge is 0.497 e. The Morgan fingerprint density at radius 2 is 2.10 bits per heavy atom. The van der Waals surface area contributed by atoms with Crippen LogP contribution in [0.15, 0.2) is 36.9 Å². The van der Waals surface area contributed by atoms with Gasteiger partial charge in [-0.3, -0.25) is 9.48 Å². The van der Waals surface area contributed by atoms with Crippen LogP contribution in [-0.2, 0) is 25.8 Å². The van der Waals surface area contributed by atoms with Crippen LogP contribution in [0.1, 0.15) is 33.7 Å². The molecule has 6 nitrogen and oxygen atoms in total. The maximum Gasteiger partial charge on any atom is 0.274 e. The van der Waals surface area contributed by atoms with Crippen molar-refractivity contribution < 1.29 is 9.53 Å². The normalized spacial score (nSPS) is 18.5. The van der Waals surface area contributed by atoms with E-state index in [0.717, 1.165) is 68.1 Å². The van der Waals surface area contributed by atoms with E-state index in [1.165, 1.54) is 11.3 Å². The molecule has 7 heteroatoms. The van der Waals surface area contributed by atoms with Crippen molar-refractivity contribution in [3.05, 3.63) is 59.4 Å². The van der Waals surface area contributed by atoms with Gasteiger partial charge in [-0.15, -0.1) is 6.58 Å². The van der Waals surface area contributed by atoms with Crippen LogP contribution in [0.4, 0.5) is 0 Å². The molecule has 166 valence electrons. The van der Waals surface area contributed by atoms with Crippen molar-refractivity contribution in [1.82, 2.24) is 20.0 Å². The fraction of sp³-hybridized carbons (Fsp3) is 0.500. The third-order valence-electron chi connectivity index (χ3n) is 6.16. The van der Waals surface area contributed by atoms with Gasteiger partial charge in [-0.05, 0) is 49.9 Å². The Kier molecular flexibility index (Phi) is 7.35. The van der Waals surface area contributed by atoms with Gasteiger partial charge in [0.05, 0.1) is 13.7 Å². The van der Waals surface area contributed by atoms with Crippen molar-refractivity contribution in [2.24, 2.45) is 0 Å². The van der Waals surface area contributed by atoms with Crippen LogP contribution in [0.25, 0.3) is 0 Å². The van der Waals surface area contributed by atoms with E-state index in [4.69, 9.17) is 9.84 Å². The first kappa shape index (κ1) is 22.0. The fourth-order valence-corrected chi connectivity index (χ4v) is 5.34. The highest BCUT2D eigenvalue weighted by atomic mass is 32.2. The van der Waals surface area contributed by atoms with Crippen LogP contribution < -0.4 is 10.1 Å². The lowest BCUT2D eigenvalue weighted by Crippen LogP contribution is -2.40. The van der Waals surface area contributed by atoms with E-state index in [2.05, 4.69) is 24.0 Å². The molecule has 0 bridgehead atoms. The number of benzene rings is 1. The highest BCUT2D eigenvalue weighted by Crippen LogP contribution is 2.27. The van der Waals surface area contributed by atoms with Gasteiger partial charge in [-0.1, -0.05) is 18.2 Å². The molecule has 1 atom stereocenters. The lowest BCUT2D eigenvalue weighted by molar-refractivity contribution is 0.0764. The lowest BCUT2D eigenvalue weighted by Gasteiger charge is -2.27. The fourth-order valence-electron chi connectivity index (χ4n) is 4.44. The number of methoxy groups -OCH3 is 1. The highest BCUT2D eigenvalue weighted by molar-refractivity contribution is 7.99. The average Bonchev–Trinajstić information content (AvgIpc) is 3.17. The zero-order chi connectivity index (χ0) is 21.6. The first-order valence-electron chi connectivity index (χ1n) is 11.1. The van der Waals surface area contributed by atoms with E-state index in [1.807, 2.05) is 39.6 Å². The number of hydrogen-bond donors (Lipinski definition) is 1. The van der Waals surface area contributed by atoms with E-state index in [-0.39, 0.29) is 5.91 Å². The van der Waals surface area contributed by atoms with Crippen LogP contribution in [0.3, 0.4) is 0 Å². The van der Waals surface area contributed by atoms with E-state index < -0.39 is 0 Å². The molecule has 1 N–H and O–H groups in total. The second-order valence-corrected chi connectivity index (χ2v) is 9.37. The number of carbonyl (C=O) groups is 1. The summed E-state index contributed by atoms with van der Waals surface area (Å²) in [5, 5.41) is 8.45. The summed E-state index contributed by atoms with van der Waals surface area (Å²) in [5.74, 6) is 3.00. The Hall–Kier alpha value is -2.25. The predicted octanol–water partition coefficient (Wildman–Crippen LogP) is 2.96. The Bertz CT molecular complexity index is 903. The zero-order valence-electron chi connectivity index (χ0n) is 18.3. The number of nitrogens with one attached hydrogen (secondary N) is 1. The van der Waals surface area contributed by atoms with Gasteiger partial charge in [-0.25, -0.2) is 0 Å². The first-order valence-corrected chi connectivity index (χ1v) is 12.3. The van der Waals surface area contributed by atoms with Gasteiger partial charge in [0, 0.05) is 41.9 Å². The van der Waals surface area contributed by atoms with Crippen molar-refractivity contribution in [2.45, 2.75) is 38.3 Å². The number of aromatic nitrogens is 2. The van der Waals surface area contributed by atoms with Gasteiger partial charge in [0.15, 0.2) is 5.69 Å². The number of carbonyl (C=O) groups excluding carboxylic acids is 1. The van der Waals surface area contributed by atoms with Crippen LogP contribution in [-0.4, -0.2) is 64.9 Å². The van der Waals surface area contributed by atoms with Crippen molar-refractivity contribution in [3.8, 4) is 5.75 Å². The number of thioether (sulfide) groups is 1. The molecular formula is C24H32N4O2S. The molecule has 2 aromatic rings. The van der Waals surface area contributed by atoms with Crippen LogP contribution in [0, 0.1) is 0 Å². The molecule has 1 fully saturated rings. The number of ether oxygens (including phenoxy) is 1. The predicted molar refractivity (Wildman–Crippen MR) is 126 cm³/mol. The molecule has 0 saturated carbocycles. The summed E-state index contributed by atoms with van der Waals surface area (Å²) in [6, 6.07) is 8.62. The van der Waals surface area contributed by atoms with Gasteiger partial charge in [0.1, 0.15) is 5.75 Å². The first-order chi connectivity index (χ1) is 15.2. The van der Waals surface area contributed by atoms with Crippen LogP contribution in [0.5, 0.6) is 5.75 Å².